The number of aliphatic hydroxyl groups excluding tert-OH is 1. The maximum Gasteiger partial charge on any atom is 0.341 e. The summed E-state index contributed by atoms with van der Waals surface area (Å²) in [6, 6.07) is 5.46. The second-order valence-corrected chi connectivity index (χ2v) is 3.06. The van der Waals surface area contributed by atoms with E-state index >= 15 is 0 Å². The van der Waals surface area contributed by atoms with Crippen LogP contribution < -0.4 is 5.73 Å². The number of para-hydroxylation sites is 1. The maximum absolute atomic E-state index is 11.4. The molecule has 82 valence electrons. The van der Waals surface area contributed by atoms with Gasteiger partial charge >= 0.3 is 5.97 Å². The summed E-state index contributed by atoms with van der Waals surface area (Å²) in [4.78, 5) is 11.4. The van der Waals surface area contributed by atoms with Crippen LogP contribution in [0.2, 0.25) is 0 Å². The molecule has 1 aromatic carbocycles. The lowest BCUT2D eigenvalue weighted by Gasteiger charge is -2.09. The minimum Gasteiger partial charge on any atom is -0.507 e. The Bertz CT molecular complexity index is 340. The van der Waals surface area contributed by atoms with Crippen molar-refractivity contribution in [2.24, 2.45) is 5.73 Å². The summed E-state index contributed by atoms with van der Waals surface area (Å²) < 4.78 is 4.78. The Morgan fingerprint density at radius 3 is 2.73 bits per heavy atom. The van der Waals surface area contributed by atoms with Crippen molar-refractivity contribution in [1.29, 1.82) is 0 Å². The van der Waals surface area contributed by atoms with Gasteiger partial charge in [0.1, 0.15) is 17.9 Å². The van der Waals surface area contributed by atoms with Crippen LogP contribution >= 0.6 is 0 Å². The van der Waals surface area contributed by atoms with Crippen LogP contribution in [0.5, 0.6) is 5.75 Å². The first kappa shape index (κ1) is 11.5. The summed E-state index contributed by atoms with van der Waals surface area (Å²) in [5.74, 6) is -0.794. The number of benzene rings is 1. The fourth-order valence-corrected chi connectivity index (χ4v) is 0.959. The number of hydrogen-bond donors (Lipinski definition) is 3. The lowest BCUT2D eigenvalue weighted by Crippen LogP contribution is -2.31. The number of carbonyl (C=O) groups is 1. The number of esters is 1. The van der Waals surface area contributed by atoms with E-state index < -0.39 is 12.0 Å². The SMILES string of the molecule is NC(CO)COC(=O)c1ccccc1O. The first-order valence-corrected chi connectivity index (χ1v) is 4.46. The standard InChI is InChI=1S/C10H13NO4/c11-7(5-12)6-15-10(14)8-3-1-2-4-9(8)13/h1-4,7,12-13H,5-6,11H2. The lowest BCUT2D eigenvalue weighted by molar-refractivity contribution is 0.0451. The molecule has 0 saturated heterocycles. The molecule has 0 aromatic heterocycles. The fourth-order valence-electron chi connectivity index (χ4n) is 0.959. The van der Waals surface area contributed by atoms with Gasteiger partial charge in [-0.15, -0.1) is 0 Å². The number of aliphatic hydroxyl groups is 1. The normalized spacial score (nSPS) is 12.1. The van der Waals surface area contributed by atoms with E-state index in [-0.39, 0.29) is 24.5 Å². The minimum absolute atomic E-state index is 0.0797. The molecule has 0 aliphatic rings. The second kappa shape index (κ2) is 5.33. The van der Waals surface area contributed by atoms with Crippen LogP contribution in [0.4, 0.5) is 0 Å². The molecule has 5 heteroatoms. The van der Waals surface area contributed by atoms with Gasteiger partial charge in [0, 0.05) is 0 Å². The highest BCUT2D eigenvalue weighted by Gasteiger charge is 2.12. The van der Waals surface area contributed by atoms with E-state index in [0.717, 1.165) is 0 Å². The van der Waals surface area contributed by atoms with Gasteiger partial charge < -0.3 is 20.7 Å². The molecule has 4 N–H and O–H groups in total. The van der Waals surface area contributed by atoms with Crippen molar-refractivity contribution < 1.29 is 19.7 Å². The van der Waals surface area contributed by atoms with E-state index in [2.05, 4.69) is 0 Å². The average molecular weight is 211 g/mol. The number of carbonyl (C=O) groups excluding carboxylic acids is 1. The van der Waals surface area contributed by atoms with Gasteiger partial charge in [-0.2, -0.15) is 0 Å². The van der Waals surface area contributed by atoms with E-state index in [1.54, 1.807) is 12.1 Å². The van der Waals surface area contributed by atoms with E-state index in [9.17, 15) is 9.90 Å². The largest absolute Gasteiger partial charge is 0.507 e. The van der Waals surface area contributed by atoms with E-state index in [1.807, 2.05) is 0 Å². The molecule has 0 aliphatic carbocycles. The van der Waals surface area contributed by atoms with Gasteiger partial charge in [-0.1, -0.05) is 12.1 Å². The third-order valence-corrected chi connectivity index (χ3v) is 1.79. The van der Waals surface area contributed by atoms with Crippen molar-refractivity contribution in [2.75, 3.05) is 13.2 Å². The fraction of sp³-hybridized carbons (Fsp3) is 0.300. The van der Waals surface area contributed by atoms with Crippen molar-refractivity contribution in [1.82, 2.24) is 0 Å². The molecule has 0 radical (unpaired) electrons. The Morgan fingerprint density at radius 2 is 2.13 bits per heavy atom. The summed E-state index contributed by atoms with van der Waals surface area (Å²) in [6.07, 6.45) is 0. The predicted molar refractivity (Wildman–Crippen MR) is 53.5 cm³/mol. The number of rotatable bonds is 4. The van der Waals surface area contributed by atoms with Gasteiger partial charge in [-0.25, -0.2) is 4.79 Å². The highest BCUT2D eigenvalue weighted by atomic mass is 16.5. The Labute approximate surface area is 87.1 Å². The van der Waals surface area contributed by atoms with Crippen LogP contribution in [-0.2, 0) is 4.74 Å². The molecule has 1 unspecified atom stereocenters. The van der Waals surface area contributed by atoms with Crippen molar-refractivity contribution in [3.63, 3.8) is 0 Å². The van der Waals surface area contributed by atoms with E-state index in [1.165, 1.54) is 12.1 Å². The van der Waals surface area contributed by atoms with Gasteiger partial charge in [0.15, 0.2) is 0 Å². The Hall–Kier alpha value is -1.59. The summed E-state index contributed by atoms with van der Waals surface area (Å²) in [6.45, 7) is -0.336. The molecule has 0 spiro atoms. The Morgan fingerprint density at radius 1 is 1.47 bits per heavy atom. The molecule has 5 nitrogen and oxygen atoms in total. The highest BCUT2D eigenvalue weighted by molar-refractivity contribution is 5.92. The zero-order chi connectivity index (χ0) is 11.3. The van der Waals surface area contributed by atoms with Crippen molar-refractivity contribution in [2.45, 2.75) is 6.04 Å². The van der Waals surface area contributed by atoms with Crippen LogP contribution in [0.3, 0.4) is 0 Å². The molecular formula is C10H13NO4. The molecular weight excluding hydrogens is 198 g/mol. The van der Waals surface area contributed by atoms with Gasteiger partial charge in [-0.05, 0) is 12.1 Å². The summed E-state index contributed by atoms with van der Waals surface area (Å²) in [7, 11) is 0. The molecule has 0 bridgehead atoms. The summed E-state index contributed by atoms with van der Waals surface area (Å²) >= 11 is 0. The van der Waals surface area contributed by atoms with Crippen LogP contribution in [0.1, 0.15) is 10.4 Å². The first-order chi connectivity index (χ1) is 7.15. The van der Waals surface area contributed by atoms with Gasteiger partial charge in [-0.3, -0.25) is 0 Å². The zero-order valence-electron chi connectivity index (χ0n) is 8.09. The Balaban J connectivity index is 2.58. The number of ether oxygens (including phenoxy) is 1. The van der Waals surface area contributed by atoms with E-state index in [0.29, 0.717) is 0 Å². The molecule has 0 heterocycles. The minimum atomic E-state index is -0.656. The first-order valence-electron chi connectivity index (χ1n) is 4.46. The van der Waals surface area contributed by atoms with Gasteiger partial charge in [0.05, 0.1) is 12.6 Å². The predicted octanol–water partition coefficient (Wildman–Crippen LogP) is -0.131. The van der Waals surface area contributed by atoms with Crippen molar-refractivity contribution in [3.8, 4) is 5.75 Å². The van der Waals surface area contributed by atoms with Gasteiger partial charge in [0.2, 0.25) is 0 Å². The van der Waals surface area contributed by atoms with Crippen LogP contribution in [0.25, 0.3) is 0 Å². The van der Waals surface area contributed by atoms with E-state index in [4.69, 9.17) is 15.6 Å². The third-order valence-electron chi connectivity index (χ3n) is 1.79. The Kier molecular flexibility index (Phi) is 4.08. The van der Waals surface area contributed by atoms with Crippen LogP contribution in [0, 0.1) is 0 Å². The molecule has 1 aromatic rings. The molecule has 0 aliphatic heterocycles. The number of hydrogen-bond acceptors (Lipinski definition) is 5. The maximum atomic E-state index is 11.4. The number of nitrogens with two attached hydrogens (primary N) is 1. The molecule has 0 fully saturated rings. The van der Waals surface area contributed by atoms with Crippen molar-refractivity contribution >= 4 is 5.97 Å². The quantitative estimate of drug-likeness (QED) is 0.603. The lowest BCUT2D eigenvalue weighted by atomic mass is 10.2. The molecule has 1 rings (SSSR count). The number of phenolic OH excluding ortho intramolecular Hbond substituents is 1. The zero-order valence-corrected chi connectivity index (χ0v) is 8.09. The number of aromatic hydroxyl groups is 1. The monoisotopic (exact) mass is 211 g/mol. The molecule has 0 saturated carbocycles. The second-order valence-electron chi connectivity index (χ2n) is 3.06. The highest BCUT2D eigenvalue weighted by Crippen LogP contribution is 2.16. The summed E-state index contributed by atoms with van der Waals surface area (Å²) in [5.41, 5.74) is 5.43. The van der Waals surface area contributed by atoms with Gasteiger partial charge in [0.25, 0.3) is 0 Å². The number of phenols is 1. The molecule has 15 heavy (non-hydrogen) atoms. The molecule has 0 amide bonds. The third kappa shape index (κ3) is 3.23. The molecule has 1 atom stereocenters. The smallest absolute Gasteiger partial charge is 0.341 e. The topological polar surface area (TPSA) is 92.8 Å². The summed E-state index contributed by atoms with van der Waals surface area (Å²) in [5, 5.41) is 17.9. The van der Waals surface area contributed by atoms with Crippen LogP contribution in [0.15, 0.2) is 24.3 Å². The average Bonchev–Trinajstić information content (AvgIpc) is 2.26. The van der Waals surface area contributed by atoms with Crippen LogP contribution in [-0.4, -0.2) is 35.4 Å². The van der Waals surface area contributed by atoms with Crippen molar-refractivity contribution in [3.05, 3.63) is 29.8 Å².